The number of nitrogen functional groups attached to an aromatic ring is 1. The predicted molar refractivity (Wildman–Crippen MR) is 102 cm³/mol. The molecule has 2 aromatic rings. The molecule has 0 saturated heterocycles. The molecular weight excluding hydrogens is 378 g/mol. The molecule has 0 amide bonds. The maximum absolute atomic E-state index is 12.6. The Balaban J connectivity index is 2.28. The number of hydrogen-bond acceptors (Lipinski definition) is 9. The summed E-state index contributed by atoms with van der Waals surface area (Å²) in [6.45, 7) is 4.14. The van der Waals surface area contributed by atoms with Crippen LogP contribution in [0.5, 0.6) is 0 Å². The van der Waals surface area contributed by atoms with Gasteiger partial charge in [0, 0.05) is 13.6 Å². The first-order valence-corrected chi connectivity index (χ1v) is 10.2. The Morgan fingerprint density at radius 1 is 1.31 bits per heavy atom. The molecule has 0 saturated carbocycles. The normalized spacial score (nSPS) is 11.3. The predicted octanol–water partition coefficient (Wildman–Crippen LogP) is 1.01. The number of Topliss-reactive ketones (excluding diaryl/α,β-unsaturated/α-hetero) is 1. The summed E-state index contributed by atoms with van der Waals surface area (Å²) in [5, 5.41) is 7.95. The van der Waals surface area contributed by atoms with Crippen molar-refractivity contribution in [2.45, 2.75) is 31.4 Å². The van der Waals surface area contributed by atoms with Crippen LogP contribution in [0.25, 0.3) is 0 Å². The minimum absolute atomic E-state index is 0.0970. The van der Waals surface area contributed by atoms with Gasteiger partial charge in [0.25, 0.3) is 10.8 Å². The molecule has 2 aromatic heterocycles. The third-order valence-corrected chi connectivity index (χ3v) is 4.81. The first-order chi connectivity index (χ1) is 12.3. The van der Waals surface area contributed by atoms with Gasteiger partial charge in [0.05, 0.1) is 11.5 Å². The van der Waals surface area contributed by atoms with Crippen molar-refractivity contribution in [3.05, 3.63) is 32.3 Å². The van der Waals surface area contributed by atoms with Gasteiger partial charge in [-0.1, -0.05) is 25.6 Å². The summed E-state index contributed by atoms with van der Waals surface area (Å²) in [5.41, 5.74) is 4.55. The van der Waals surface area contributed by atoms with Crippen molar-refractivity contribution in [3.63, 3.8) is 0 Å². The van der Waals surface area contributed by atoms with Crippen LogP contribution in [0.4, 0.5) is 5.82 Å². The summed E-state index contributed by atoms with van der Waals surface area (Å²) in [4.78, 5) is 37.2. The van der Waals surface area contributed by atoms with Gasteiger partial charge in [-0.25, -0.2) is 4.79 Å². The zero-order valence-electron chi connectivity index (χ0n) is 15.0. The van der Waals surface area contributed by atoms with Crippen LogP contribution in [0.15, 0.2) is 19.2 Å². The highest BCUT2D eigenvalue weighted by Crippen LogP contribution is 2.20. The fourth-order valence-corrected chi connectivity index (χ4v) is 3.28. The minimum atomic E-state index is -0.702. The number of anilines is 1. The number of rotatable bonds is 8. The van der Waals surface area contributed by atoms with Crippen molar-refractivity contribution in [3.8, 4) is 0 Å². The molecular formula is C15H21N5O4S2. The van der Waals surface area contributed by atoms with Gasteiger partial charge in [0.2, 0.25) is 5.89 Å². The van der Waals surface area contributed by atoms with Crippen LogP contribution < -0.4 is 17.0 Å². The van der Waals surface area contributed by atoms with Crippen LogP contribution in [0.1, 0.15) is 30.1 Å². The molecule has 0 spiro atoms. The van der Waals surface area contributed by atoms with Gasteiger partial charge in [-0.3, -0.25) is 18.7 Å². The van der Waals surface area contributed by atoms with Crippen LogP contribution in [0.3, 0.4) is 0 Å². The highest BCUT2D eigenvalue weighted by molar-refractivity contribution is 7.99. The average molecular weight is 399 g/mol. The van der Waals surface area contributed by atoms with E-state index in [1.807, 2.05) is 20.1 Å². The van der Waals surface area contributed by atoms with E-state index in [9.17, 15) is 14.4 Å². The molecule has 142 valence electrons. The Kier molecular flexibility index (Phi) is 6.70. The molecule has 0 unspecified atom stereocenters. The fraction of sp³-hybridized carbons (Fsp3) is 0.533. The van der Waals surface area contributed by atoms with Gasteiger partial charge in [0.15, 0.2) is 5.78 Å². The minimum Gasteiger partial charge on any atom is -0.415 e. The van der Waals surface area contributed by atoms with E-state index >= 15 is 0 Å². The highest BCUT2D eigenvalue weighted by atomic mass is 32.2. The summed E-state index contributed by atoms with van der Waals surface area (Å²) in [6, 6.07) is 0. The largest absolute Gasteiger partial charge is 0.415 e. The second-order valence-electron chi connectivity index (χ2n) is 6.02. The molecule has 9 nitrogen and oxygen atoms in total. The van der Waals surface area contributed by atoms with E-state index in [1.165, 1.54) is 23.4 Å². The summed E-state index contributed by atoms with van der Waals surface area (Å²) in [6.07, 6.45) is 1.91. The van der Waals surface area contributed by atoms with Crippen molar-refractivity contribution in [1.82, 2.24) is 19.3 Å². The molecule has 0 aliphatic rings. The molecule has 2 rings (SSSR count). The molecule has 0 aromatic carbocycles. The van der Waals surface area contributed by atoms with Gasteiger partial charge >= 0.3 is 5.69 Å². The van der Waals surface area contributed by atoms with Crippen LogP contribution in [0.2, 0.25) is 0 Å². The monoisotopic (exact) mass is 399 g/mol. The van der Waals surface area contributed by atoms with E-state index < -0.39 is 17.0 Å². The molecule has 0 aliphatic heterocycles. The second-order valence-corrected chi connectivity index (χ2v) is 7.81. The van der Waals surface area contributed by atoms with Crippen molar-refractivity contribution >= 4 is 35.1 Å². The van der Waals surface area contributed by atoms with E-state index in [4.69, 9.17) is 10.2 Å². The molecule has 0 fully saturated rings. The number of carbonyl (C=O) groups excluding carboxylic acids is 1. The molecule has 11 heteroatoms. The number of hydrogen-bond donors (Lipinski definition) is 1. The molecule has 0 atom stereocenters. The number of thioether (sulfide) groups is 2. The van der Waals surface area contributed by atoms with Crippen molar-refractivity contribution in [1.29, 1.82) is 0 Å². The highest BCUT2D eigenvalue weighted by Gasteiger charge is 2.22. The molecule has 2 heterocycles. The van der Waals surface area contributed by atoms with Gasteiger partial charge in [0.1, 0.15) is 11.4 Å². The van der Waals surface area contributed by atoms with Gasteiger partial charge in [-0.05, 0) is 12.2 Å². The summed E-state index contributed by atoms with van der Waals surface area (Å²) in [7, 11) is 1.33. The van der Waals surface area contributed by atoms with Crippen molar-refractivity contribution in [2.75, 3.05) is 17.7 Å². The maximum Gasteiger partial charge on any atom is 0.332 e. The summed E-state index contributed by atoms with van der Waals surface area (Å²) >= 11 is 2.56. The maximum atomic E-state index is 12.6. The van der Waals surface area contributed by atoms with E-state index in [0.717, 1.165) is 16.3 Å². The van der Waals surface area contributed by atoms with Gasteiger partial charge < -0.3 is 10.2 Å². The lowest BCUT2D eigenvalue weighted by Gasteiger charge is -2.15. The molecule has 0 bridgehead atoms. The molecule has 26 heavy (non-hydrogen) atoms. The lowest BCUT2D eigenvalue weighted by molar-refractivity contribution is 0.102. The topological polar surface area (TPSA) is 126 Å². The smallest absolute Gasteiger partial charge is 0.332 e. The zero-order valence-corrected chi connectivity index (χ0v) is 16.6. The number of nitrogens with zero attached hydrogens (tertiary/aromatic N) is 4. The Morgan fingerprint density at radius 2 is 2.00 bits per heavy atom. The third-order valence-electron chi connectivity index (χ3n) is 3.45. The molecule has 2 N–H and O–H groups in total. The molecule has 0 radical (unpaired) electrons. The summed E-state index contributed by atoms with van der Waals surface area (Å²) < 4.78 is 7.55. The quantitative estimate of drug-likeness (QED) is 0.511. The van der Waals surface area contributed by atoms with Gasteiger partial charge in [-0.2, -0.15) is 11.8 Å². The summed E-state index contributed by atoms with van der Waals surface area (Å²) in [5.74, 6) is 0.475. The Hall–Kier alpha value is -2.01. The van der Waals surface area contributed by atoms with E-state index in [2.05, 4.69) is 10.2 Å². The van der Waals surface area contributed by atoms with E-state index in [0.29, 0.717) is 18.2 Å². The van der Waals surface area contributed by atoms with Crippen LogP contribution in [0, 0.1) is 5.92 Å². The Bertz CT molecular complexity index is 916. The number of aromatic nitrogens is 4. The van der Waals surface area contributed by atoms with Crippen LogP contribution >= 0.6 is 23.5 Å². The van der Waals surface area contributed by atoms with Crippen LogP contribution in [-0.4, -0.2) is 37.1 Å². The first kappa shape index (κ1) is 20.3. The first-order valence-electron chi connectivity index (χ1n) is 7.82. The van der Waals surface area contributed by atoms with Crippen molar-refractivity contribution in [2.24, 2.45) is 13.0 Å². The lowest BCUT2D eigenvalue weighted by Crippen LogP contribution is -2.43. The SMILES string of the molecule is CSCc1nnc(SCC(=O)c2c(N)n(CC(C)C)c(=O)n(C)c2=O)o1. The second kappa shape index (κ2) is 8.58. The number of nitrogens with two attached hydrogens (primary N) is 1. The van der Waals surface area contributed by atoms with Crippen LogP contribution in [-0.2, 0) is 19.3 Å². The number of ketones is 1. The zero-order chi connectivity index (χ0) is 19.4. The Labute approximate surface area is 158 Å². The standard InChI is InChI=1S/C15H21N5O4S2/c1-8(2)5-20-12(16)11(13(22)19(3)15(20)23)9(21)6-26-14-18-17-10(24-14)7-25-4/h8H,5-7,16H2,1-4H3. The third kappa shape index (κ3) is 4.39. The van der Waals surface area contributed by atoms with E-state index in [-0.39, 0.29) is 28.3 Å². The molecule has 0 aliphatic carbocycles. The number of carbonyl (C=O) groups is 1. The van der Waals surface area contributed by atoms with Crippen molar-refractivity contribution < 1.29 is 9.21 Å². The van der Waals surface area contributed by atoms with Gasteiger partial charge in [-0.15, -0.1) is 10.2 Å². The van der Waals surface area contributed by atoms with E-state index in [1.54, 1.807) is 0 Å². The lowest BCUT2D eigenvalue weighted by atomic mass is 10.2. The Morgan fingerprint density at radius 3 is 2.62 bits per heavy atom. The fourth-order valence-electron chi connectivity index (χ4n) is 2.26. The average Bonchev–Trinajstić information content (AvgIpc) is 3.03.